The van der Waals surface area contributed by atoms with Crippen LogP contribution in [-0.4, -0.2) is 56.6 Å². The first-order valence-electron chi connectivity index (χ1n) is 8.31. The molecule has 1 amide bonds. The van der Waals surface area contributed by atoms with Crippen LogP contribution < -0.4 is 0 Å². The zero-order chi connectivity index (χ0) is 18.8. The van der Waals surface area contributed by atoms with Gasteiger partial charge in [0.15, 0.2) is 0 Å². The lowest BCUT2D eigenvalue weighted by atomic mass is 10.2. The molecular formula is C17H20FN5O3. The number of piperazine rings is 1. The van der Waals surface area contributed by atoms with E-state index < -0.39 is 10.8 Å². The fourth-order valence-electron chi connectivity index (χ4n) is 3.09. The summed E-state index contributed by atoms with van der Waals surface area (Å²) >= 11 is 0. The predicted molar refractivity (Wildman–Crippen MR) is 92.2 cm³/mol. The minimum atomic E-state index is -0.565. The summed E-state index contributed by atoms with van der Waals surface area (Å²) in [7, 11) is 1.57. The summed E-state index contributed by atoms with van der Waals surface area (Å²) < 4.78 is 15.1. The molecule has 0 N–H and O–H groups in total. The van der Waals surface area contributed by atoms with Gasteiger partial charge < -0.3 is 4.90 Å². The van der Waals surface area contributed by atoms with Crippen LogP contribution in [0, 0.1) is 22.9 Å². The van der Waals surface area contributed by atoms with Crippen LogP contribution >= 0.6 is 0 Å². The molecule has 0 aliphatic carbocycles. The number of nitrogens with zero attached hydrogens (tertiary/aromatic N) is 5. The zero-order valence-corrected chi connectivity index (χ0v) is 14.7. The topological polar surface area (TPSA) is 84.5 Å². The molecule has 0 atom stereocenters. The van der Waals surface area contributed by atoms with Crippen LogP contribution in [0.1, 0.15) is 21.7 Å². The van der Waals surface area contributed by atoms with Crippen LogP contribution in [0.2, 0.25) is 0 Å². The second-order valence-electron chi connectivity index (χ2n) is 6.32. The molecule has 9 heteroatoms. The van der Waals surface area contributed by atoms with Crippen LogP contribution in [0.15, 0.2) is 24.3 Å². The molecule has 8 nitrogen and oxygen atoms in total. The highest BCUT2D eigenvalue weighted by Gasteiger charge is 2.33. The van der Waals surface area contributed by atoms with E-state index >= 15 is 0 Å². The number of rotatable bonds is 4. The molecular weight excluding hydrogens is 341 g/mol. The average Bonchev–Trinajstić information content (AvgIpc) is 2.92. The number of aromatic nitrogens is 2. The Morgan fingerprint density at radius 2 is 1.92 bits per heavy atom. The van der Waals surface area contributed by atoms with E-state index in [9.17, 15) is 19.3 Å². The quantitative estimate of drug-likeness (QED) is 0.612. The van der Waals surface area contributed by atoms with Gasteiger partial charge in [0.25, 0.3) is 5.91 Å². The molecule has 0 saturated carbocycles. The number of halogens is 1. The first kappa shape index (κ1) is 18.0. The first-order valence-corrected chi connectivity index (χ1v) is 8.31. The molecule has 0 radical (unpaired) electrons. The van der Waals surface area contributed by atoms with Gasteiger partial charge >= 0.3 is 5.69 Å². The third kappa shape index (κ3) is 3.43. The van der Waals surface area contributed by atoms with Crippen molar-refractivity contribution in [3.63, 3.8) is 0 Å². The third-order valence-electron chi connectivity index (χ3n) is 4.70. The van der Waals surface area contributed by atoms with Gasteiger partial charge in [0, 0.05) is 45.3 Å². The van der Waals surface area contributed by atoms with Gasteiger partial charge in [-0.2, -0.15) is 5.10 Å². The second kappa shape index (κ2) is 7.20. The number of carbonyl (C=O) groups is 1. The minimum Gasteiger partial charge on any atom is -0.334 e. The van der Waals surface area contributed by atoms with E-state index in [2.05, 4.69) is 10.00 Å². The molecule has 26 heavy (non-hydrogen) atoms. The number of carbonyl (C=O) groups excluding carboxylic acids is 1. The Labute approximate surface area is 150 Å². The smallest absolute Gasteiger partial charge is 0.322 e. The molecule has 0 spiro atoms. The van der Waals surface area contributed by atoms with E-state index in [-0.39, 0.29) is 17.2 Å². The van der Waals surface area contributed by atoms with Crippen molar-refractivity contribution in [2.45, 2.75) is 13.5 Å². The van der Waals surface area contributed by atoms with Crippen molar-refractivity contribution >= 4 is 11.6 Å². The van der Waals surface area contributed by atoms with Gasteiger partial charge in [0.2, 0.25) is 5.69 Å². The lowest BCUT2D eigenvalue weighted by molar-refractivity contribution is -0.385. The van der Waals surface area contributed by atoms with Crippen molar-refractivity contribution in [3.8, 4) is 0 Å². The highest BCUT2D eigenvalue weighted by atomic mass is 19.1. The second-order valence-corrected chi connectivity index (χ2v) is 6.32. The molecule has 1 aromatic carbocycles. The lowest BCUT2D eigenvalue weighted by Crippen LogP contribution is -2.48. The molecule has 1 aliphatic heterocycles. The van der Waals surface area contributed by atoms with Crippen molar-refractivity contribution in [2.75, 3.05) is 26.2 Å². The average molecular weight is 361 g/mol. The van der Waals surface area contributed by atoms with Crippen LogP contribution in [0.4, 0.5) is 10.1 Å². The summed E-state index contributed by atoms with van der Waals surface area (Å²) in [6.45, 7) is 4.01. The molecule has 0 unspecified atom stereocenters. The number of nitro groups is 1. The van der Waals surface area contributed by atoms with E-state index in [1.54, 1.807) is 37.1 Å². The Morgan fingerprint density at radius 3 is 2.54 bits per heavy atom. The first-order chi connectivity index (χ1) is 12.4. The molecule has 0 bridgehead atoms. The van der Waals surface area contributed by atoms with Crippen molar-refractivity contribution in [1.82, 2.24) is 19.6 Å². The summed E-state index contributed by atoms with van der Waals surface area (Å²) in [6.07, 6.45) is 0. The maximum absolute atomic E-state index is 13.8. The summed E-state index contributed by atoms with van der Waals surface area (Å²) in [5, 5.41) is 15.3. The molecule has 1 aromatic heterocycles. The molecule has 2 aromatic rings. The summed E-state index contributed by atoms with van der Waals surface area (Å²) in [4.78, 5) is 27.0. The predicted octanol–water partition coefficient (Wildman–Crippen LogP) is 1.73. The van der Waals surface area contributed by atoms with Crippen LogP contribution in [-0.2, 0) is 13.6 Å². The number of hydrogen-bond acceptors (Lipinski definition) is 5. The monoisotopic (exact) mass is 361 g/mol. The normalized spacial score (nSPS) is 15.3. The fourth-order valence-corrected chi connectivity index (χ4v) is 3.09. The standard InChI is InChI=1S/C17H20FN5O3/c1-12-16(23(25)26)15(19-20(12)2)17(24)22-9-7-21(8-10-22)11-13-5-3-4-6-14(13)18/h3-6H,7-11H2,1-2H3. The highest BCUT2D eigenvalue weighted by Crippen LogP contribution is 2.24. The Hall–Kier alpha value is -2.81. The van der Waals surface area contributed by atoms with Gasteiger partial charge in [0.05, 0.1) is 4.92 Å². The van der Waals surface area contributed by atoms with Gasteiger partial charge in [-0.1, -0.05) is 18.2 Å². The van der Waals surface area contributed by atoms with Crippen molar-refractivity contribution in [1.29, 1.82) is 0 Å². The number of hydrogen-bond donors (Lipinski definition) is 0. The van der Waals surface area contributed by atoms with Gasteiger partial charge in [-0.3, -0.25) is 24.5 Å². The molecule has 2 heterocycles. The molecule has 3 rings (SSSR count). The summed E-state index contributed by atoms with van der Waals surface area (Å²) in [5.74, 6) is -0.684. The fraction of sp³-hybridized carbons (Fsp3) is 0.412. The zero-order valence-electron chi connectivity index (χ0n) is 14.7. The van der Waals surface area contributed by atoms with Gasteiger partial charge in [-0.05, 0) is 13.0 Å². The summed E-state index contributed by atoms with van der Waals surface area (Å²) in [5.41, 5.74) is 0.587. The number of amides is 1. The minimum absolute atomic E-state index is 0.127. The van der Waals surface area contributed by atoms with Crippen LogP contribution in [0.3, 0.4) is 0 Å². The van der Waals surface area contributed by atoms with E-state index in [0.717, 1.165) is 0 Å². The van der Waals surface area contributed by atoms with E-state index in [1.807, 2.05) is 0 Å². The Balaban J connectivity index is 1.67. The largest absolute Gasteiger partial charge is 0.334 e. The molecule has 1 saturated heterocycles. The Bertz CT molecular complexity index is 843. The van der Waals surface area contributed by atoms with Gasteiger partial charge in [-0.25, -0.2) is 4.39 Å². The molecule has 138 valence electrons. The van der Waals surface area contributed by atoms with Gasteiger partial charge in [-0.15, -0.1) is 0 Å². The van der Waals surface area contributed by atoms with Crippen LogP contribution in [0.5, 0.6) is 0 Å². The van der Waals surface area contributed by atoms with E-state index in [1.165, 1.54) is 10.7 Å². The van der Waals surface area contributed by atoms with E-state index in [4.69, 9.17) is 0 Å². The van der Waals surface area contributed by atoms with Crippen molar-refractivity contribution in [2.24, 2.45) is 7.05 Å². The SMILES string of the molecule is Cc1c([N+](=O)[O-])c(C(=O)N2CCN(Cc3ccccc3F)CC2)nn1C. The highest BCUT2D eigenvalue weighted by molar-refractivity contribution is 5.96. The number of benzene rings is 1. The summed E-state index contributed by atoms with van der Waals surface area (Å²) in [6, 6.07) is 6.61. The molecule has 1 fully saturated rings. The Kier molecular flexibility index (Phi) is 4.99. The van der Waals surface area contributed by atoms with Gasteiger partial charge in [0.1, 0.15) is 11.5 Å². The lowest BCUT2D eigenvalue weighted by Gasteiger charge is -2.34. The number of aryl methyl sites for hydroxylation is 1. The third-order valence-corrected chi connectivity index (χ3v) is 4.70. The van der Waals surface area contributed by atoms with Crippen molar-refractivity contribution in [3.05, 3.63) is 57.1 Å². The van der Waals surface area contributed by atoms with Crippen molar-refractivity contribution < 1.29 is 14.1 Å². The Morgan fingerprint density at radius 1 is 1.27 bits per heavy atom. The maximum atomic E-state index is 13.8. The molecule has 1 aliphatic rings. The van der Waals surface area contributed by atoms with E-state index in [0.29, 0.717) is 44.0 Å². The van der Waals surface area contributed by atoms with Crippen LogP contribution in [0.25, 0.3) is 0 Å². The maximum Gasteiger partial charge on any atom is 0.322 e.